The van der Waals surface area contributed by atoms with E-state index in [-0.39, 0.29) is 5.82 Å². The Labute approximate surface area is 84.3 Å². The summed E-state index contributed by atoms with van der Waals surface area (Å²) in [7, 11) is 0. The fraction of sp³-hybridized carbons (Fsp3) is 0.111. The van der Waals surface area contributed by atoms with Gasteiger partial charge in [0.05, 0.1) is 10.9 Å². The van der Waals surface area contributed by atoms with Gasteiger partial charge in [0, 0.05) is 5.02 Å². The summed E-state index contributed by atoms with van der Waals surface area (Å²) in [6.45, 7) is 1.55. The van der Waals surface area contributed by atoms with Gasteiger partial charge in [-0.3, -0.25) is 4.79 Å². The highest BCUT2D eigenvalue weighted by Crippen LogP contribution is 2.14. The highest BCUT2D eigenvalue weighted by molar-refractivity contribution is 6.31. The van der Waals surface area contributed by atoms with E-state index in [1.165, 1.54) is 6.07 Å². The van der Waals surface area contributed by atoms with E-state index in [1.54, 1.807) is 19.1 Å². The Bertz CT molecular complexity index is 562. The minimum absolute atomic E-state index is 0.254. The van der Waals surface area contributed by atoms with Crippen molar-refractivity contribution in [2.75, 3.05) is 0 Å². The van der Waals surface area contributed by atoms with Crippen LogP contribution in [0.4, 0.5) is 0 Å². The monoisotopic (exact) mass is 210 g/mol. The number of fused-ring (bicyclic) bond motifs is 1. The Morgan fingerprint density at radius 2 is 2.21 bits per heavy atom. The second-order valence-corrected chi connectivity index (χ2v) is 3.37. The minimum Gasteiger partial charge on any atom is -0.424 e. The molecule has 0 fully saturated rings. The average Bonchev–Trinajstić information content (AvgIpc) is 2.16. The molecule has 0 spiro atoms. The summed E-state index contributed by atoms with van der Waals surface area (Å²) in [5.41, 5.74) is 0.0252. The molecule has 0 unspecified atom stereocenters. The van der Waals surface area contributed by atoms with Crippen LogP contribution in [0.5, 0.6) is 0 Å². The molecule has 4 nitrogen and oxygen atoms in total. The first-order valence-corrected chi connectivity index (χ1v) is 4.35. The zero-order valence-corrected chi connectivity index (χ0v) is 8.12. The van der Waals surface area contributed by atoms with Crippen molar-refractivity contribution < 1.29 is 5.21 Å². The van der Waals surface area contributed by atoms with Crippen LogP contribution in [0.15, 0.2) is 23.0 Å². The number of aromatic nitrogens is 2. The Kier molecular flexibility index (Phi) is 1.93. The van der Waals surface area contributed by atoms with Crippen molar-refractivity contribution in [3.63, 3.8) is 0 Å². The van der Waals surface area contributed by atoms with E-state index in [1.807, 2.05) is 0 Å². The third-order valence-electron chi connectivity index (χ3n) is 1.97. The molecule has 0 aliphatic heterocycles. The molecular weight excluding hydrogens is 204 g/mol. The van der Waals surface area contributed by atoms with Crippen LogP contribution >= 0.6 is 11.6 Å². The maximum absolute atomic E-state index is 11.5. The van der Waals surface area contributed by atoms with Gasteiger partial charge in [-0.1, -0.05) is 11.6 Å². The topological polar surface area (TPSA) is 55.1 Å². The molecule has 72 valence electrons. The lowest BCUT2D eigenvalue weighted by Crippen LogP contribution is -2.21. The molecule has 0 radical (unpaired) electrons. The molecular formula is C9H7ClN2O2. The van der Waals surface area contributed by atoms with Crippen molar-refractivity contribution >= 4 is 22.5 Å². The zero-order chi connectivity index (χ0) is 10.3. The van der Waals surface area contributed by atoms with Gasteiger partial charge in [-0.05, 0) is 25.1 Å². The second kappa shape index (κ2) is 2.99. The summed E-state index contributed by atoms with van der Waals surface area (Å²) in [4.78, 5) is 15.5. The molecule has 2 aromatic rings. The molecule has 0 atom stereocenters. The first-order chi connectivity index (χ1) is 6.59. The van der Waals surface area contributed by atoms with E-state index >= 15 is 0 Å². The van der Waals surface area contributed by atoms with Crippen LogP contribution in [0.2, 0.25) is 5.02 Å². The summed E-state index contributed by atoms with van der Waals surface area (Å²) in [5, 5.41) is 10.0. The van der Waals surface area contributed by atoms with Gasteiger partial charge >= 0.3 is 0 Å². The number of nitrogens with zero attached hydrogens (tertiary/aromatic N) is 2. The average molecular weight is 211 g/mol. The van der Waals surface area contributed by atoms with E-state index in [4.69, 9.17) is 11.6 Å². The molecule has 1 aromatic carbocycles. The third-order valence-corrected chi connectivity index (χ3v) is 2.21. The molecule has 1 heterocycles. The van der Waals surface area contributed by atoms with Gasteiger partial charge in [0.2, 0.25) is 0 Å². The molecule has 0 saturated carbocycles. The molecule has 14 heavy (non-hydrogen) atoms. The number of benzene rings is 1. The third kappa shape index (κ3) is 1.24. The molecule has 1 aromatic heterocycles. The quantitative estimate of drug-likeness (QED) is 0.672. The Morgan fingerprint density at radius 1 is 1.50 bits per heavy atom. The fourth-order valence-corrected chi connectivity index (χ4v) is 1.43. The standard InChI is InChI=1S/C9H7ClN2O2/c1-5-11-8-3-2-6(10)4-7(8)9(13)12(5)14/h2-4,14H,1H3. The molecule has 0 saturated heterocycles. The zero-order valence-electron chi connectivity index (χ0n) is 7.36. The lowest BCUT2D eigenvalue weighted by molar-refractivity contribution is 0.166. The number of aryl methyl sites for hydroxylation is 1. The molecule has 5 heteroatoms. The van der Waals surface area contributed by atoms with E-state index < -0.39 is 5.56 Å². The summed E-state index contributed by atoms with van der Waals surface area (Å²) >= 11 is 5.73. The first kappa shape index (κ1) is 9.02. The van der Waals surface area contributed by atoms with Gasteiger partial charge in [-0.25, -0.2) is 4.98 Å². The maximum Gasteiger partial charge on any atom is 0.294 e. The Balaban J connectivity index is 2.99. The van der Waals surface area contributed by atoms with Gasteiger partial charge in [-0.2, -0.15) is 0 Å². The van der Waals surface area contributed by atoms with Crippen molar-refractivity contribution in [2.24, 2.45) is 0 Å². The Morgan fingerprint density at radius 3 is 2.93 bits per heavy atom. The van der Waals surface area contributed by atoms with Crippen LogP contribution in [-0.4, -0.2) is 14.9 Å². The predicted octanol–water partition coefficient (Wildman–Crippen LogP) is 1.60. The van der Waals surface area contributed by atoms with Gasteiger partial charge < -0.3 is 5.21 Å². The van der Waals surface area contributed by atoms with Crippen LogP contribution in [0.3, 0.4) is 0 Å². The number of halogens is 1. The van der Waals surface area contributed by atoms with Crippen molar-refractivity contribution in [1.29, 1.82) is 0 Å². The molecule has 1 N–H and O–H groups in total. The highest BCUT2D eigenvalue weighted by atomic mass is 35.5. The fourth-order valence-electron chi connectivity index (χ4n) is 1.26. The number of hydrogen-bond donors (Lipinski definition) is 1. The van der Waals surface area contributed by atoms with Crippen LogP contribution in [0, 0.1) is 6.92 Å². The van der Waals surface area contributed by atoms with Crippen molar-refractivity contribution in [3.8, 4) is 0 Å². The smallest absolute Gasteiger partial charge is 0.294 e. The number of rotatable bonds is 0. The molecule has 0 aliphatic carbocycles. The van der Waals surface area contributed by atoms with Gasteiger partial charge in [0.25, 0.3) is 5.56 Å². The summed E-state index contributed by atoms with van der Waals surface area (Å²) < 4.78 is 0.513. The van der Waals surface area contributed by atoms with Crippen LogP contribution in [-0.2, 0) is 0 Å². The van der Waals surface area contributed by atoms with Crippen LogP contribution in [0.25, 0.3) is 10.9 Å². The van der Waals surface area contributed by atoms with Gasteiger partial charge in [0.15, 0.2) is 0 Å². The van der Waals surface area contributed by atoms with E-state index in [0.29, 0.717) is 20.7 Å². The molecule has 0 aliphatic rings. The normalized spacial score (nSPS) is 10.7. The van der Waals surface area contributed by atoms with Gasteiger partial charge in [-0.15, -0.1) is 4.73 Å². The van der Waals surface area contributed by atoms with E-state index in [2.05, 4.69) is 4.98 Å². The molecule has 0 bridgehead atoms. The van der Waals surface area contributed by atoms with Crippen LogP contribution < -0.4 is 5.56 Å². The Hall–Kier alpha value is -1.55. The number of hydrogen-bond acceptors (Lipinski definition) is 3. The highest BCUT2D eigenvalue weighted by Gasteiger charge is 2.06. The van der Waals surface area contributed by atoms with E-state index in [9.17, 15) is 10.0 Å². The van der Waals surface area contributed by atoms with Crippen molar-refractivity contribution in [1.82, 2.24) is 9.71 Å². The maximum atomic E-state index is 11.5. The minimum atomic E-state index is -0.505. The van der Waals surface area contributed by atoms with Crippen LogP contribution in [0.1, 0.15) is 5.82 Å². The van der Waals surface area contributed by atoms with Gasteiger partial charge in [0.1, 0.15) is 5.82 Å². The van der Waals surface area contributed by atoms with Crippen molar-refractivity contribution in [2.45, 2.75) is 6.92 Å². The second-order valence-electron chi connectivity index (χ2n) is 2.94. The SMILES string of the molecule is Cc1nc2ccc(Cl)cc2c(=O)n1O. The lowest BCUT2D eigenvalue weighted by atomic mass is 10.2. The molecule has 2 rings (SSSR count). The predicted molar refractivity (Wildman–Crippen MR) is 52.9 cm³/mol. The summed E-state index contributed by atoms with van der Waals surface area (Å²) in [5.74, 6) is 0.254. The largest absolute Gasteiger partial charge is 0.424 e. The summed E-state index contributed by atoms with van der Waals surface area (Å²) in [6, 6.07) is 4.78. The summed E-state index contributed by atoms with van der Waals surface area (Å²) in [6.07, 6.45) is 0. The first-order valence-electron chi connectivity index (χ1n) is 3.98. The molecule has 0 amide bonds. The van der Waals surface area contributed by atoms with E-state index in [0.717, 1.165) is 0 Å². The lowest BCUT2D eigenvalue weighted by Gasteiger charge is -2.03. The van der Waals surface area contributed by atoms with Crippen molar-refractivity contribution in [3.05, 3.63) is 39.4 Å².